The topological polar surface area (TPSA) is 86.8 Å². The largest absolute Gasteiger partial charge is 0.352 e. The maximum Gasteiger partial charge on any atom is 0.242 e. The number of rotatable bonds is 12. The van der Waals surface area contributed by atoms with Crippen molar-refractivity contribution in [2.75, 3.05) is 17.1 Å². The van der Waals surface area contributed by atoms with Crippen molar-refractivity contribution in [1.29, 1.82) is 0 Å². The molecule has 37 heavy (non-hydrogen) atoms. The third-order valence-electron chi connectivity index (χ3n) is 6.31. The lowest BCUT2D eigenvalue weighted by Gasteiger charge is -2.30. The molecule has 2 atom stereocenters. The Morgan fingerprint density at radius 2 is 1.73 bits per heavy atom. The molecule has 2 aromatic rings. The van der Waals surface area contributed by atoms with Crippen LogP contribution >= 0.6 is 23.2 Å². The van der Waals surface area contributed by atoms with Crippen molar-refractivity contribution in [1.82, 2.24) is 10.2 Å². The van der Waals surface area contributed by atoms with Crippen LogP contribution in [-0.2, 0) is 26.2 Å². The van der Waals surface area contributed by atoms with E-state index in [1.165, 1.54) is 9.21 Å². The molecule has 0 radical (unpaired) electrons. The maximum absolute atomic E-state index is 13.4. The first kappa shape index (κ1) is 30.9. The zero-order valence-electron chi connectivity index (χ0n) is 22.3. The smallest absolute Gasteiger partial charge is 0.242 e. The molecular weight excluding hydrogens is 533 g/mol. The maximum atomic E-state index is 13.4. The summed E-state index contributed by atoms with van der Waals surface area (Å²) in [5.41, 5.74) is 3.03. The minimum absolute atomic E-state index is 0.0353. The molecule has 0 aliphatic rings. The molecule has 0 saturated heterocycles. The van der Waals surface area contributed by atoms with E-state index >= 15 is 0 Å². The molecule has 10 heteroatoms. The van der Waals surface area contributed by atoms with Crippen molar-refractivity contribution in [2.45, 2.75) is 72.5 Å². The van der Waals surface area contributed by atoms with Crippen LogP contribution in [0.5, 0.6) is 0 Å². The van der Waals surface area contributed by atoms with Crippen LogP contribution in [0.2, 0.25) is 10.0 Å². The quantitative estimate of drug-likeness (QED) is 0.366. The number of carbonyl (C=O) groups is 2. The highest BCUT2D eigenvalue weighted by Crippen LogP contribution is 2.26. The zero-order chi connectivity index (χ0) is 27.9. The first-order chi connectivity index (χ1) is 17.2. The number of hydrogen-bond donors (Lipinski definition) is 1. The summed E-state index contributed by atoms with van der Waals surface area (Å²) in [6.07, 6.45) is 2.26. The predicted octanol–water partition coefficient (Wildman–Crippen LogP) is 5.49. The van der Waals surface area contributed by atoms with Crippen LogP contribution < -0.4 is 9.62 Å². The molecule has 0 aromatic heterocycles. The molecule has 0 bridgehead atoms. The lowest BCUT2D eigenvalue weighted by Crippen LogP contribution is -2.49. The minimum atomic E-state index is -3.57. The van der Waals surface area contributed by atoms with Gasteiger partial charge in [-0.25, -0.2) is 8.42 Å². The molecule has 2 rings (SSSR count). The normalized spacial score (nSPS) is 13.1. The number of hydrogen-bond acceptors (Lipinski definition) is 4. The molecule has 7 nitrogen and oxygen atoms in total. The SMILES string of the molecule is CC[C@H](C)NC(=O)[C@@H](C)N(Cc1ccc(Cl)cc1Cl)C(=O)CCCN(c1cc(C)ccc1C)S(C)(=O)=O. The van der Waals surface area contributed by atoms with Crippen molar-refractivity contribution in [3.8, 4) is 0 Å². The summed E-state index contributed by atoms with van der Waals surface area (Å²) < 4.78 is 26.5. The van der Waals surface area contributed by atoms with Gasteiger partial charge in [0, 0.05) is 35.6 Å². The van der Waals surface area contributed by atoms with E-state index in [-0.39, 0.29) is 43.8 Å². The molecule has 2 amide bonds. The number of aryl methyl sites for hydroxylation is 2. The predicted molar refractivity (Wildman–Crippen MR) is 152 cm³/mol. The van der Waals surface area contributed by atoms with Crippen molar-refractivity contribution >= 4 is 50.7 Å². The van der Waals surface area contributed by atoms with Crippen molar-refractivity contribution in [3.63, 3.8) is 0 Å². The Kier molecular flexibility index (Phi) is 11.3. The van der Waals surface area contributed by atoms with E-state index in [4.69, 9.17) is 23.2 Å². The fourth-order valence-corrected chi connectivity index (χ4v) is 5.34. The van der Waals surface area contributed by atoms with Crippen LogP contribution in [0.3, 0.4) is 0 Å². The summed E-state index contributed by atoms with van der Waals surface area (Å²) >= 11 is 12.4. The Bertz CT molecular complexity index is 1220. The lowest BCUT2D eigenvalue weighted by atomic mass is 10.1. The number of nitrogens with one attached hydrogen (secondary N) is 1. The molecule has 2 aromatic carbocycles. The number of carbonyl (C=O) groups excluding carboxylic acids is 2. The zero-order valence-corrected chi connectivity index (χ0v) is 24.7. The van der Waals surface area contributed by atoms with Gasteiger partial charge < -0.3 is 10.2 Å². The highest BCUT2D eigenvalue weighted by Gasteiger charge is 2.28. The van der Waals surface area contributed by atoms with Gasteiger partial charge >= 0.3 is 0 Å². The van der Waals surface area contributed by atoms with E-state index < -0.39 is 16.1 Å². The average molecular weight is 571 g/mol. The molecule has 0 unspecified atom stereocenters. The number of halogens is 2. The van der Waals surface area contributed by atoms with Gasteiger partial charge in [0.2, 0.25) is 21.8 Å². The van der Waals surface area contributed by atoms with Crippen molar-refractivity contribution < 1.29 is 18.0 Å². The summed E-state index contributed by atoms with van der Waals surface area (Å²) in [7, 11) is -3.57. The summed E-state index contributed by atoms with van der Waals surface area (Å²) in [6.45, 7) is 9.56. The number of amides is 2. The van der Waals surface area contributed by atoms with Crippen LogP contribution in [0, 0.1) is 13.8 Å². The highest BCUT2D eigenvalue weighted by molar-refractivity contribution is 7.92. The third-order valence-corrected chi connectivity index (χ3v) is 8.08. The number of benzene rings is 2. The summed E-state index contributed by atoms with van der Waals surface area (Å²) in [5, 5.41) is 3.80. The molecule has 0 saturated carbocycles. The van der Waals surface area contributed by atoms with E-state index in [1.807, 2.05) is 45.9 Å². The van der Waals surface area contributed by atoms with E-state index in [9.17, 15) is 18.0 Å². The number of anilines is 1. The Balaban J connectivity index is 2.24. The second-order valence-electron chi connectivity index (χ2n) is 9.48. The Labute approximate surface area is 231 Å². The van der Waals surface area contributed by atoms with Gasteiger partial charge in [0.1, 0.15) is 6.04 Å². The van der Waals surface area contributed by atoms with Crippen LogP contribution in [0.25, 0.3) is 0 Å². The molecule has 0 fully saturated rings. The molecule has 204 valence electrons. The van der Waals surface area contributed by atoms with E-state index in [1.54, 1.807) is 25.1 Å². The van der Waals surface area contributed by atoms with Gasteiger partial charge in [-0.3, -0.25) is 13.9 Å². The lowest BCUT2D eigenvalue weighted by molar-refractivity contribution is -0.140. The van der Waals surface area contributed by atoms with Gasteiger partial charge in [0.15, 0.2) is 0 Å². The van der Waals surface area contributed by atoms with Gasteiger partial charge in [-0.05, 0) is 75.4 Å². The fraction of sp³-hybridized carbons (Fsp3) is 0.481. The molecule has 0 aliphatic carbocycles. The number of sulfonamides is 1. The van der Waals surface area contributed by atoms with E-state index in [0.717, 1.165) is 23.8 Å². The monoisotopic (exact) mass is 569 g/mol. The van der Waals surface area contributed by atoms with Gasteiger partial charge in [0.05, 0.1) is 11.9 Å². The summed E-state index contributed by atoms with van der Waals surface area (Å²) in [6, 6.07) is 9.86. The van der Waals surface area contributed by atoms with Gasteiger partial charge in [-0.15, -0.1) is 0 Å². The Morgan fingerprint density at radius 3 is 2.32 bits per heavy atom. The summed E-state index contributed by atoms with van der Waals surface area (Å²) in [4.78, 5) is 27.8. The van der Waals surface area contributed by atoms with Gasteiger partial charge in [0.25, 0.3) is 0 Å². The fourth-order valence-electron chi connectivity index (χ4n) is 3.85. The Morgan fingerprint density at radius 1 is 1.05 bits per heavy atom. The average Bonchev–Trinajstić information content (AvgIpc) is 2.81. The second kappa shape index (κ2) is 13.5. The van der Waals surface area contributed by atoms with Crippen molar-refractivity contribution in [3.05, 3.63) is 63.1 Å². The summed E-state index contributed by atoms with van der Waals surface area (Å²) in [5.74, 6) is -0.534. The van der Waals surface area contributed by atoms with E-state index in [2.05, 4.69) is 5.32 Å². The van der Waals surface area contributed by atoms with Crippen LogP contribution in [0.15, 0.2) is 36.4 Å². The molecule has 0 heterocycles. The molecule has 1 N–H and O–H groups in total. The Hall–Kier alpha value is -2.29. The van der Waals surface area contributed by atoms with Crippen LogP contribution in [-0.4, -0.2) is 50.0 Å². The van der Waals surface area contributed by atoms with Crippen molar-refractivity contribution in [2.24, 2.45) is 0 Å². The molecular formula is C27H37Cl2N3O4S. The standard InChI is InChI=1S/C27H37Cl2N3O4S/c1-7-20(4)30-27(34)21(5)31(17-22-12-13-23(28)16-24(22)29)26(33)9-8-14-32(37(6,35)36)25-15-18(2)10-11-19(25)3/h10-13,15-16,20-21H,7-9,14,17H2,1-6H3,(H,30,34)/t20-,21+/m0/s1. The molecule has 0 spiro atoms. The van der Waals surface area contributed by atoms with Gasteiger partial charge in [-0.1, -0.05) is 48.3 Å². The van der Waals surface area contributed by atoms with Gasteiger partial charge in [-0.2, -0.15) is 0 Å². The van der Waals surface area contributed by atoms with E-state index in [0.29, 0.717) is 21.3 Å². The first-order valence-corrected chi connectivity index (χ1v) is 14.9. The number of nitrogens with zero attached hydrogens (tertiary/aromatic N) is 2. The van der Waals surface area contributed by atoms with Crippen LogP contribution in [0.1, 0.15) is 56.7 Å². The van der Waals surface area contributed by atoms with Crippen LogP contribution in [0.4, 0.5) is 5.69 Å². The second-order valence-corrected chi connectivity index (χ2v) is 12.2. The minimum Gasteiger partial charge on any atom is -0.352 e. The third kappa shape index (κ3) is 8.90. The highest BCUT2D eigenvalue weighted by atomic mass is 35.5. The molecule has 0 aliphatic heterocycles. The first-order valence-electron chi connectivity index (χ1n) is 12.3.